The largest absolute Gasteiger partial charge is 0.805 e. The number of pyridine rings is 1. The fraction of sp³-hybridized carbons (Fsp3) is 0.0769. The number of aromatic nitrogens is 1. The van der Waals surface area contributed by atoms with Crippen molar-refractivity contribution in [3.05, 3.63) is 69.1 Å². The lowest BCUT2D eigenvalue weighted by atomic mass is 10.0. The summed E-state index contributed by atoms with van der Waals surface area (Å²) < 4.78 is 22.2. The van der Waals surface area contributed by atoms with Gasteiger partial charge < -0.3 is 9.94 Å². The highest BCUT2D eigenvalue weighted by Crippen LogP contribution is 2.14. The van der Waals surface area contributed by atoms with Crippen molar-refractivity contribution in [1.82, 2.24) is 4.73 Å². The first-order valence-corrected chi connectivity index (χ1v) is 6.49. The monoisotopic (exact) mass is 273 g/mol. The summed E-state index contributed by atoms with van der Waals surface area (Å²) in [7, 11) is -2.62. The van der Waals surface area contributed by atoms with Crippen molar-refractivity contribution in [1.29, 1.82) is 5.26 Å². The SMILES string of the molecule is N#Cc1ccccc1Cc1cccn([O-])c1=S(=O)=O. The first-order valence-electron chi connectivity index (χ1n) is 5.42. The van der Waals surface area contributed by atoms with Gasteiger partial charge in [-0.05, 0) is 29.5 Å². The van der Waals surface area contributed by atoms with Gasteiger partial charge in [-0.15, -0.1) is 0 Å². The molecule has 0 aliphatic carbocycles. The summed E-state index contributed by atoms with van der Waals surface area (Å²) in [5.74, 6) is 0. The van der Waals surface area contributed by atoms with Crippen LogP contribution < -0.4 is 0 Å². The number of nitriles is 1. The lowest BCUT2D eigenvalue weighted by Crippen LogP contribution is -2.00. The third-order valence-corrected chi connectivity index (χ3v) is 3.43. The van der Waals surface area contributed by atoms with Crippen molar-refractivity contribution in [2.75, 3.05) is 0 Å². The molecule has 0 amide bonds. The summed E-state index contributed by atoms with van der Waals surface area (Å²) in [4.78, 5) is 0. The fourth-order valence-corrected chi connectivity index (χ4v) is 2.38. The molecule has 5 nitrogen and oxygen atoms in total. The van der Waals surface area contributed by atoms with Crippen LogP contribution in [0.2, 0.25) is 0 Å². The van der Waals surface area contributed by atoms with E-state index in [-0.39, 0.29) is 11.1 Å². The first-order chi connectivity index (χ1) is 9.13. The van der Waals surface area contributed by atoms with Crippen LogP contribution in [0.15, 0.2) is 42.6 Å². The maximum atomic E-state index is 11.5. The van der Waals surface area contributed by atoms with Crippen LogP contribution in [0.3, 0.4) is 0 Å². The van der Waals surface area contributed by atoms with Gasteiger partial charge in [0.15, 0.2) is 4.64 Å². The van der Waals surface area contributed by atoms with E-state index in [4.69, 9.17) is 5.26 Å². The van der Waals surface area contributed by atoms with Crippen molar-refractivity contribution in [3.63, 3.8) is 0 Å². The van der Waals surface area contributed by atoms with Gasteiger partial charge in [0, 0.05) is 6.42 Å². The molecule has 0 spiro atoms. The summed E-state index contributed by atoms with van der Waals surface area (Å²) >= 11 is 0. The molecule has 6 heteroatoms. The van der Waals surface area contributed by atoms with E-state index < -0.39 is 10.3 Å². The van der Waals surface area contributed by atoms with Crippen LogP contribution in [0.5, 0.6) is 0 Å². The van der Waals surface area contributed by atoms with Crippen molar-refractivity contribution in [2.45, 2.75) is 6.42 Å². The van der Waals surface area contributed by atoms with Gasteiger partial charge in [0.2, 0.25) is 10.3 Å². The second kappa shape index (κ2) is 5.42. The van der Waals surface area contributed by atoms with Crippen LogP contribution in [-0.2, 0) is 16.7 Å². The average Bonchev–Trinajstić information content (AvgIpc) is 2.39. The maximum absolute atomic E-state index is 11.5. The van der Waals surface area contributed by atoms with E-state index in [9.17, 15) is 13.6 Å². The third kappa shape index (κ3) is 2.67. The second-order valence-corrected chi connectivity index (χ2v) is 4.70. The van der Waals surface area contributed by atoms with Gasteiger partial charge in [0.05, 0.1) is 11.6 Å². The number of hydrogen-bond donors (Lipinski definition) is 0. The Bertz CT molecular complexity index is 821. The number of nitrogens with zero attached hydrogens (tertiary/aromatic N) is 2. The van der Waals surface area contributed by atoms with Crippen molar-refractivity contribution in [2.24, 2.45) is 0 Å². The van der Waals surface area contributed by atoms with E-state index in [1.165, 1.54) is 6.07 Å². The van der Waals surface area contributed by atoms with Gasteiger partial charge in [-0.1, -0.05) is 24.3 Å². The summed E-state index contributed by atoms with van der Waals surface area (Å²) in [6.07, 6.45) is 1.35. The number of hydrogen-bond acceptors (Lipinski definition) is 4. The van der Waals surface area contributed by atoms with Crippen LogP contribution in [0, 0.1) is 21.2 Å². The molecule has 2 rings (SSSR count). The molecule has 0 aliphatic heterocycles. The second-order valence-electron chi connectivity index (χ2n) is 3.84. The van der Waals surface area contributed by atoms with Crippen LogP contribution >= 0.6 is 0 Å². The Morgan fingerprint density at radius 2 is 1.84 bits per heavy atom. The van der Waals surface area contributed by atoms with Gasteiger partial charge >= 0.3 is 0 Å². The predicted octanol–water partition coefficient (Wildman–Crippen LogP) is 1.71. The molecule has 1 aromatic carbocycles. The molecule has 96 valence electrons. The quantitative estimate of drug-likeness (QED) is 0.779. The maximum Gasteiger partial charge on any atom is 0.238 e. The summed E-state index contributed by atoms with van der Waals surface area (Å²) in [5, 5.41) is 20.5. The minimum Gasteiger partial charge on any atom is -0.805 e. The average molecular weight is 273 g/mol. The molecule has 1 aromatic heterocycles. The topological polar surface area (TPSA) is 85.9 Å². The first kappa shape index (κ1) is 12.9. The van der Waals surface area contributed by atoms with Crippen molar-refractivity contribution in [3.8, 4) is 6.07 Å². The van der Waals surface area contributed by atoms with Gasteiger partial charge in [0.1, 0.15) is 0 Å². The van der Waals surface area contributed by atoms with E-state index >= 15 is 0 Å². The Morgan fingerprint density at radius 3 is 2.53 bits per heavy atom. The zero-order chi connectivity index (χ0) is 13.8. The molecule has 0 radical (unpaired) electrons. The molecule has 0 bridgehead atoms. The molecule has 0 aliphatic rings. The molecular weight excluding hydrogens is 264 g/mol. The third-order valence-electron chi connectivity index (χ3n) is 2.67. The Balaban J connectivity index is 2.62. The Labute approximate surface area is 111 Å². The fourth-order valence-electron chi connectivity index (χ4n) is 1.82. The Hall–Kier alpha value is -2.52. The van der Waals surface area contributed by atoms with Crippen LogP contribution in [0.4, 0.5) is 0 Å². The van der Waals surface area contributed by atoms with Crippen LogP contribution in [0.1, 0.15) is 16.7 Å². The van der Waals surface area contributed by atoms with E-state index in [2.05, 4.69) is 0 Å². The van der Waals surface area contributed by atoms with E-state index in [0.717, 1.165) is 6.20 Å². The molecule has 2 aromatic rings. The standard InChI is InChI=1S/C13H9N2O3S/c14-9-12-5-2-1-4-10(12)8-11-6-3-7-15(16)13(11)19(17)18/h1-7H,8H2/q-1. The summed E-state index contributed by atoms with van der Waals surface area (Å²) in [5.41, 5.74) is 1.52. The normalized spacial score (nSPS) is 9.84. The zero-order valence-corrected chi connectivity index (χ0v) is 10.6. The van der Waals surface area contributed by atoms with Crippen molar-refractivity contribution < 1.29 is 8.42 Å². The molecule has 0 atom stereocenters. The Kier molecular flexibility index (Phi) is 3.68. The van der Waals surface area contributed by atoms with Gasteiger partial charge in [-0.2, -0.15) is 13.7 Å². The minimum absolute atomic E-state index is 0.218. The summed E-state index contributed by atoms with van der Waals surface area (Å²) in [6.45, 7) is 0. The van der Waals surface area contributed by atoms with E-state index in [1.807, 2.05) is 6.07 Å². The summed E-state index contributed by atoms with van der Waals surface area (Å²) in [6, 6.07) is 12.0. The van der Waals surface area contributed by atoms with Gasteiger partial charge in [-0.3, -0.25) is 0 Å². The zero-order valence-electron chi connectivity index (χ0n) is 9.78. The highest BCUT2D eigenvalue weighted by molar-refractivity contribution is 7.63. The van der Waals surface area contributed by atoms with E-state index in [1.54, 1.807) is 30.3 Å². The predicted molar refractivity (Wildman–Crippen MR) is 69.3 cm³/mol. The molecule has 0 fully saturated rings. The van der Waals surface area contributed by atoms with Gasteiger partial charge in [-0.25, -0.2) is 0 Å². The lowest BCUT2D eigenvalue weighted by Gasteiger charge is -2.12. The Morgan fingerprint density at radius 1 is 1.16 bits per heavy atom. The molecule has 1 heterocycles. The smallest absolute Gasteiger partial charge is 0.238 e. The van der Waals surface area contributed by atoms with Crippen LogP contribution in [-0.4, -0.2) is 13.1 Å². The minimum atomic E-state index is -2.62. The molecular formula is C13H9N2O3S-. The molecule has 0 N–H and O–H groups in total. The van der Waals surface area contributed by atoms with E-state index in [0.29, 0.717) is 21.4 Å². The molecule has 0 saturated heterocycles. The number of benzene rings is 1. The van der Waals surface area contributed by atoms with Crippen LogP contribution in [0.25, 0.3) is 0 Å². The van der Waals surface area contributed by atoms with Gasteiger partial charge in [0.25, 0.3) is 0 Å². The highest BCUT2D eigenvalue weighted by atomic mass is 32.2. The molecule has 19 heavy (non-hydrogen) atoms. The number of rotatable bonds is 2. The molecule has 0 saturated carbocycles. The van der Waals surface area contributed by atoms with Crippen molar-refractivity contribution >= 4 is 10.3 Å². The molecule has 0 unspecified atom stereocenters. The highest BCUT2D eigenvalue weighted by Gasteiger charge is 2.05. The lowest BCUT2D eigenvalue weighted by molar-refractivity contribution is 0.623.